The molecule has 1 aliphatic rings. The molecule has 88 valence electrons. The number of ketones is 2. The van der Waals surface area contributed by atoms with Crippen molar-refractivity contribution in [3.63, 3.8) is 0 Å². The predicted octanol–water partition coefficient (Wildman–Crippen LogP) is 2.60. The highest BCUT2D eigenvalue weighted by atomic mass is 28.4. The highest BCUT2D eigenvalue weighted by Crippen LogP contribution is 2.38. The summed E-state index contributed by atoms with van der Waals surface area (Å²) >= 11 is 0. The van der Waals surface area contributed by atoms with Gasteiger partial charge in [0, 0.05) is 6.08 Å². The number of carbonyl (C=O) groups excluding carboxylic acids is 2. The maximum Gasteiger partial charge on any atom is 0.250 e. The average Bonchev–Trinajstić information content (AvgIpc) is 2.09. The number of rotatable bonds is 2. The van der Waals surface area contributed by atoms with E-state index in [1.807, 2.05) is 13.1 Å². The lowest BCUT2D eigenvalue weighted by Gasteiger charge is -2.36. The number of allylic oxidation sites excluding steroid dienone is 3. The predicted molar refractivity (Wildman–Crippen MR) is 65.5 cm³/mol. The van der Waals surface area contributed by atoms with Gasteiger partial charge in [0.05, 0.1) is 0 Å². The smallest absolute Gasteiger partial charge is 0.250 e. The quantitative estimate of drug-likeness (QED) is 0.548. The Morgan fingerprint density at radius 3 is 2.19 bits per heavy atom. The molecule has 0 atom stereocenters. The monoisotopic (exact) mass is 238 g/mol. The Morgan fingerprint density at radius 2 is 1.69 bits per heavy atom. The zero-order chi connectivity index (χ0) is 12.6. The summed E-state index contributed by atoms with van der Waals surface area (Å²) < 4.78 is 5.80. The molecule has 0 amide bonds. The van der Waals surface area contributed by atoms with Crippen molar-refractivity contribution in [1.82, 2.24) is 0 Å². The van der Waals surface area contributed by atoms with Crippen LogP contribution in [0.1, 0.15) is 20.8 Å². The molecule has 4 heteroatoms. The molecule has 3 nitrogen and oxygen atoms in total. The third-order valence-corrected chi connectivity index (χ3v) is 7.43. The largest absolute Gasteiger partial charge is 0.541 e. The van der Waals surface area contributed by atoms with Crippen molar-refractivity contribution in [2.24, 2.45) is 0 Å². The van der Waals surface area contributed by atoms with Crippen molar-refractivity contribution >= 4 is 19.9 Å². The zero-order valence-electron chi connectivity index (χ0n) is 10.5. The Hall–Kier alpha value is -1.16. The topological polar surface area (TPSA) is 43.4 Å². The zero-order valence-corrected chi connectivity index (χ0v) is 11.5. The van der Waals surface area contributed by atoms with Crippen LogP contribution in [-0.4, -0.2) is 19.9 Å². The van der Waals surface area contributed by atoms with E-state index in [2.05, 4.69) is 20.8 Å². The van der Waals surface area contributed by atoms with E-state index in [-0.39, 0.29) is 22.4 Å². The first-order valence-electron chi connectivity index (χ1n) is 5.30. The molecule has 1 aliphatic carbocycles. The normalized spacial score (nSPS) is 17.4. The Morgan fingerprint density at radius 1 is 1.12 bits per heavy atom. The number of hydrogen-bond acceptors (Lipinski definition) is 3. The minimum Gasteiger partial charge on any atom is -0.541 e. The third kappa shape index (κ3) is 2.69. The van der Waals surface area contributed by atoms with Gasteiger partial charge in [-0.15, -0.1) is 0 Å². The van der Waals surface area contributed by atoms with E-state index in [1.54, 1.807) is 0 Å². The molecule has 0 bridgehead atoms. The summed E-state index contributed by atoms with van der Waals surface area (Å²) in [5.74, 6) is -0.211. The molecule has 0 aromatic carbocycles. The van der Waals surface area contributed by atoms with Crippen molar-refractivity contribution in [2.75, 3.05) is 0 Å². The molecule has 0 saturated heterocycles. The summed E-state index contributed by atoms with van der Waals surface area (Å²) in [4.78, 5) is 22.7. The second-order valence-electron chi connectivity index (χ2n) is 5.47. The maximum absolute atomic E-state index is 11.5. The van der Waals surface area contributed by atoms with E-state index >= 15 is 0 Å². The summed E-state index contributed by atoms with van der Waals surface area (Å²) in [5.41, 5.74) is 0. The van der Waals surface area contributed by atoms with Crippen molar-refractivity contribution in [3.8, 4) is 0 Å². The molecule has 0 aromatic rings. The molecular weight excluding hydrogens is 220 g/mol. The summed E-state index contributed by atoms with van der Waals surface area (Å²) in [6, 6.07) is 0. The van der Waals surface area contributed by atoms with E-state index in [0.717, 1.165) is 0 Å². The minimum atomic E-state index is -2.04. The summed E-state index contributed by atoms with van der Waals surface area (Å²) in [5, 5.41) is 0.0122. The van der Waals surface area contributed by atoms with Crippen LogP contribution in [0.3, 0.4) is 0 Å². The molecule has 0 spiro atoms. The van der Waals surface area contributed by atoms with Crippen molar-refractivity contribution < 1.29 is 14.0 Å². The average molecular weight is 238 g/mol. The van der Waals surface area contributed by atoms with Gasteiger partial charge in [0.15, 0.2) is 11.5 Å². The second kappa shape index (κ2) is 4.01. The highest BCUT2D eigenvalue weighted by molar-refractivity contribution is 6.74. The van der Waals surface area contributed by atoms with Gasteiger partial charge < -0.3 is 4.43 Å². The van der Waals surface area contributed by atoms with E-state index in [9.17, 15) is 9.59 Å². The van der Waals surface area contributed by atoms with Gasteiger partial charge >= 0.3 is 0 Å². The van der Waals surface area contributed by atoms with Crippen molar-refractivity contribution in [3.05, 3.63) is 24.0 Å². The molecule has 0 aromatic heterocycles. The van der Waals surface area contributed by atoms with Gasteiger partial charge in [0.1, 0.15) is 0 Å². The molecular formula is C12H18O3Si. The van der Waals surface area contributed by atoms with E-state index in [1.165, 1.54) is 18.2 Å². The van der Waals surface area contributed by atoms with Crippen LogP contribution >= 0.6 is 0 Å². The first-order chi connectivity index (χ1) is 7.13. The summed E-state index contributed by atoms with van der Waals surface area (Å²) in [6.07, 6.45) is 3.81. The van der Waals surface area contributed by atoms with E-state index in [0.29, 0.717) is 0 Å². The standard InChI is InChI=1S/C12H18O3Si/c1-12(2,3)16(4,5)15-11-8-9(13)6-7-10(11)14/h6-8H,1-5H3. The van der Waals surface area contributed by atoms with Crippen LogP contribution in [0, 0.1) is 0 Å². The number of hydrogen-bond donors (Lipinski definition) is 0. The highest BCUT2D eigenvalue weighted by Gasteiger charge is 2.40. The van der Waals surface area contributed by atoms with Crippen LogP contribution in [0.15, 0.2) is 24.0 Å². The Kier molecular flexibility index (Phi) is 3.24. The van der Waals surface area contributed by atoms with Gasteiger partial charge in [-0.3, -0.25) is 9.59 Å². The number of carbonyl (C=O) groups is 2. The molecule has 0 heterocycles. The summed E-state index contributed by atoms with van der Waals surface area (Å²) in [7, 11) is -2.04. The van der Waals surface area contributed by atoms with Gasteiger partial charge in [-0.2, -0.15) is 0 Å². The minimum absolute atomic E-state index is 0.0122. The molecule has 16 heavy (non-hydrogen) atoms. The van der Waals surface area contributed by atoms with Gasteiger partial charge in [0.2, 0.25) is 5.78 Å². The van der Waals surface area contributed by atoms with Gasteiger partial charge in [-0.1, -0.05) is 20.8 Å². The van der Waals surface area contributed by atoms with Crippen molar-refractivity contribution in [1.29, 1.82) is 0 Å². The summed E-state index contributed by atoms with van der Waals surface area (Å²) in [6.45, 7) is 10.4. The van der Waals surface area contributed by atoms with Crippen LogP contribution in [0.5, 0.6) is 0 Å². The lowest BCUT2D eigenvalue weighted by atomic mass is 10.1. The Bertz CT molecular complexity index is 384. The van der Waals surface area contributed by atoms with Crippen LogP contribution in [0.4, 0.5) is 0 Å². The lowest BCUT2D eigenvalue weighted by Crippen LogP contribution is -2.41. The van der Waals surface area contributed by atoms with Gasteiger partial charge in [0.25, 0.3) is 8.32 Å². The van der Waals surface area contributed by atoms with Crippen LogP contribution in [-0.2, 0) is 14.0 Å². The molecule has 0 fully saturated rings. The second-order valence-corrected chi connectivity index (χ2v) is 10.2. The molecule has 0 radical (unpaired) electrons. The fourth-order valence-electron chi connectivity index (χ4n) is 0.996. The van der Waals surface area contributed by atoms with Crippen LogP contribution in [0.25, 0.3) is 0 Å². The van der Waals surface area contributed by atoms with E-state index in [4.69, 9.17) is 4.43 Å². The fraction of sp³-hybridized carbons (Fsp3) is 0.500. The first kappa shape index (κ1) is 12.9. The maximum atomic E-state index is 11.5. The van der Waals surface area contributed by atoms with Gasteiger partial charge in [-0.25, -0.2) is 0 Å². The molecule has 0 aliphatic heterocycles. The molecule has 0 unspecified atom stereocenters. The lowest BCUT2D eigenvalue weighted by molar-refractivity contribution is -0.116. The van der Waals surface area contributed by atoms with Gasteiger partial charge in [-0.05, 0) is 30.3 Å². The Balaban J connectivity index is 2.90. The van der Waals surface area contributed by atoms with Crippen LogP contribution < -0.4 is 0 Å². The molecule has 1 rings (SSSR count). The first-order valence-corrected chi connectivity index (χ1v) is 8.21. The SMILES string of the molecule is CC(C)(C)[Si](C)(C)OC1=CC(=O)C=CC1=O. The van der Waals surface area contributed by atoms with Crippen molar-refractivity contribution in [2.45, 2.75) is 38.9 Å². The van der Waals surface area contributed by atoms with E-state index < -0.39 is 8.32 Å². The molecule has 0 N–H and O–H groups in total. The Labute approximate surface area is 97.3 Å². The third-order valence-electron chi connectivity index (χ3n) is 3.09. The molecule has 0 saturated carbocycles. The van der Waals surface area contributed by atoms with Crippen LogP contribution in [0.2, 0.25) is 18.1 Å². The fourth-order valence-corrected chi connectivity index (χ4v) is 2.01.